The van der Waals surface area contributed by atoms with Gasteiger partial charge in [0.15, 0.2) is 14.9 Å². The third-order valence-electron chi connectivity index (χ3n) is 2.10. The van der Waals surface area contributed by atoms with Crippen molar-refractivity contribution in [2.75, 3.05) is 16.1 Å². The number of carboxylic acids is 1. The first-order valence-corrected chi connectivity index (χ1v) is 8.73. The number of carboxylic acid groups (broad SMARTS) is 1. The standard InChI is InChI=1S/C10H13NO6S2/c1-7-5-8(3-4-9(7)10(12)13)11-19(16,17)6-18(2,14)15/h3-5,11H,6H2,1-2H3,(H,12,13). The number of sulfone groups is 1. The van der Waals surface area contributed by atoms with E-state index in [0.29, 0.717) is 5.56 Å². The van der Waals surface area contributed by atoms with E-state index in [9.17, 15) is 21.6 Å². The van der Waals surface area contributed by atoms with Gasteiger partial charge in [0.1, 0.15) is 0 Å². The Morgan fingerprint density at radius 1 is 1.26 bits per heavy atom. The van der Waals surface area contributed by atoms with Crippen LogP contribution in [0.1, 0.15) is 15.9 Å². The molecule has 0 saturated carbocycles. The molecule has 7 nitrogen and oxygen atoms in total. The van der Waals surface area contributed by atoms with E-state index in [1.54, 1.807) is 0 Å². The summed E-state index contributed by atoms with van der Waals surface area (Å²) in [4.78, 5) is 10.8. The molecule has 0 bridgehead atoms. The average Bonchev–Trinajstić information content (AvgIpc) is 2.11. The largest absolute Gasteiger partial charge is 0.478 e. The van der Waals surface area contributed by atoms with E-state index in [0.717, 1.165) is 6.26 Å². The number of benzene rings is 1. The Balaban J connectivity index is 3.02. The Kier molecular flexibility index (Phi) is 4.21. The number of aromatic carboxylic acids is 1. The molecule has 0 radical (unpaired) electrons. The zero-order valence-corrected chi connectivity index (χ0v) is 11.9. The van der Waals surface area contributed by atoms with Crippen LogP contribution in [-0.4, -0.2) is 39.3 Å². The molecular weight excluding hydrogens is 294 g/mol. The maximum absolute atomic E-state index is 11.5. The van der Waals surface area contributed by atoms with Gasteiger partial charge in [-0.25, -0.2) is 21.6 Å². The summed E-state index contributed by atoms with van der Waals surface area (Å²) in [6.07, 6.45) is 0.811. The SMILES string of the molecule is Cc1cc(NS(=O)(=O)CS(C)(=O)=O)ccc1C(=O)O. The Labute approximate surface area is 111 Å². The van der Waals surface area contributed by atoms with E-state index in [2.05, 4.69) is 4.72 Å². The number of hydrogen-bond donors (Lipinski definition) is 2. The maximum Gasteiger partial charge on any atom is 0.335 e. The summed E-state index contributed by atoms with van der Waals surface area (Å²) in [6.45, 7) is 1.51. The molecule has 1 aromatic carbocycles. The van der Waals surface area contributed by atoms with E-state index in [-0.39, 0.29) is 11.3 Å². The van der Waals surface area contributed by atoms with Gasteiger partial charge in [0.2, 0.25) is 10.0 Å². The minimum Gasteiger partial charge on any atom is -0.478 e. The van der Waals surface area contributed by atoms with Crippen LogP contribution in [0.3, 0.4) is 0 Å². The highest BCUT2D eigenvalue weighted by Gasteiger charge is 2.18. The van der Waals surface area contributed by atoms with Gasteiger partial charge in [-0.15, -0.1) is 0 Å². The van der Waals surface area contributed by atoms with Crippen LogP contribution in [0.2, 0.25) is 0 Å². The molecule has 0 aromatic heterocycles. The predicted molar refractivity (Wildman–Crippen MR) is 70.4 cm³/mol. The molecule has 0 heterocycles. The fourth-order valence-electron chi connectivity index (χ4n) is 1.46. The van der Waals surface area contributed by atoms with Crippen LogP contribution in [-0.2, 0) is 19.9 Å². The molecule has 0 fully saturated rings. The van der Waals surface area contributed by atoms with Gasteiger partial charge in [0, 0.05) is 11.9 Å². The van der Waals surface area contributed by atoms with Crippen LogP contribution in [0.5, 0.6) is 0 Å². The molecule has 0 saturated heterocycles. The summed E-state index contributed by atoms with van der Waals surface area (Å²) in [5.74, 6) is -1.12. The van der Waals surface area contributed by atoms with Crippen molar-refractivity contribution in [1.82, 2.24) is 0 Å². The monoisotopic (exact) mass is 307 g/mol. The summed E-state index contributed by atoms with van der Waals surface area (Å²) >= 11 is 0. The lowest BCUT2D eigenvalue weighted by Crippen LogP contribution is -2.22. The quantitative estimate of drug-likeness (QED) is 0.815. The van der Waals surface area contributed by atoms with Crippen molar-refractivity contribution in [3.8, 4) is 0 Å². The topological polar surface area (TPSA) is 118 Å². The van der Waals surface area contributed by atoms with Crippen LogP contribution in [0.15, 0.2) is 18.2 Å². The molecule has 1 rings (SSSR count). The fourth-order valence-corrected chi connectivity index (χ4v) is 4.43. The first-order valence-electron chi connectivity index (χ1n) is 5.02. The molecule has 0 unspecified atom stereocenters. The highest BCUT2D eigenvalue weighted by molar-refractivity contribution is 8.08. The van der Waals surface area contributed by atoms with E-state index in [4.69, 9.17) is 5.11 Å². The number of aryl methyl sites for hydroxylation is 1. The van der Waals surface area contributed by atoms with Crippen molar-refractivity contribution in [3.63, 3.8) is 0 Å². The highest BCUT2D eigenvalue weighted by atomic mass is 32.3. The summed E-state index contributed by atoms with van der Waals surface area (Å²) in [5, 5.41) is 7.80. The van der Waals surface area contributed by atoms with Gasteiger partial charge in [0.05, 0.1) is 5.56 Å². The second-order valence-electron chi connectivity index (χ2n) is 4.10. The smallest absolute Gasteiger partial charge is 0.335 e. The van der Waals surface area contributed by atoms with Crippen molar-refractivity contribution in [1.29, 1.82) is 0 Å². The number of sulfonamides is 1. The number of anilines is 1. The molecule has 19 heavy (non-hydrogen) atoms. The lowest BCUT2D eigenvalue weighted by molar-refractivity contribution is 0.0696. The lowest BCUT2D eigenvalue weighted by atomic mass is 10.1. The third kappa shape index (κ3) is 4.87. The first-order chi connectivity index (χ1) is 8.50. The zero-order chi connectivity index (χ0) is 14.8. The third-order valence-corrected chi connectivity index (χ3v) is 5.60. The summed E-state index contributed by atoms with van der Waals surface area (Å²) in [5.41, 5.74) is 0.532. The van der Waals surface area contributed by atoms with Gasteiger partial charge in [-0.2, -0.15) is 0 Å². The van der Waals surface area contributed by atoms with Gasteiger partial charge < -0.3 is 5.11 Å². The van der Waals surface area contributed by atoms with Crippen LogP contribution >= 0.6 is 0 Å². The van der Waals surface area contributed by atoms with Crippen LogP contribution in [0, 0.1) is 6.92 Å². The van der Waals surface area contributed by atoms with E-state index in [1.807, 2.05) is 0 Å². The molecule has 0 atom stereocenters. The second kappa shape index (κ2) is 5.17. The van der Waals surface area contributed by atoms with Gasteiger partial charge in [-0.05, 0) is 30.7 Å². The van der Waals surface area contributed by atoms with Gasteiger partial charge >= 0.3 is 5.97 Å². The van der Waals surface area contributed by atoms with Crippen LogP contribution < -0.4 is 4.72 Å². The molecule has 0 aliphatic carbocycles. The fraction of sp³-hybridized carbons (Fsp3) is 0.300. The van der Waals surface area contributed by atoms with Crippen molar-refractivity contribution in [2.45, 2.75) is 6.92 Å². The van der Waals surface area contributed by atoms with Crippen LogP contribution in [0.4, 0.5) is 5.69 Å². The first kappa shape index (κ1) is 15.4. The molecule has 1 aromatic rings. The van der Waals surface area contributed by atoms with Gasteiger partial charge in [0.25, 0.3) is 0 Å². The number of nitrogens with one attached hydrogen (secondary N) is 1. The maximum atomic E-state index is 11.5. The Morgan fingerprint density at radius 2 is 1.84 bits per heavy atom. The second-order valence-corrected chi connectivity index (χ2v) is 8.32. The highest BCUT2D eigenvalue weighted by Crippen LogP contribution is 2.16. The Bertz CT molecular complexity index is 706. The number of rotatable bonds is 5. The Hall–Kier alpha value is -1.61. The molecule has 0 spiro atoms. The zero-order valence-electron chi connectivity index (χ0n) is 10.2. The summed E-state index contributed by atoms with van der Waals surface area (Å²) in [6, 6.07) is 3.83. The van der Waals surface area contributed by atoms with Crippen molar-refractivity contribution in [2.24, 2.45) is 0 Å². The van der Waals surface area contributed by atoms with E-state index in [1.165, 1.54) is 25.1 Å². The van der Waals surface area contributed by atoms with Crippen LogP contribution in [0.25, 0.3) is 0 Å². The van der Waals surface area contributed by atoms with E-state index >= 15 is 0 Å². The van der Waals surface area contributed by atoms with Crippen molar-refractivity contribution >= 4 is 31.5 Å². The van der Waals surface area contributed by atoms with E-state index < -0.39 is 30.9 Å². The van der Waals surface area contributed by atoms with Crippen molar-refractivity contribution < 1.29 is 26.7 Å². The number of hydrogen-bond acceptors (Lipinski definition) is 5. The molecule has 0 aliphatic heterocycles. The summed E-state index contributed by atoms with van der Waals surface area (Å²) in [7, 11) is -7.71. The predicted octanol–water partition coefficient (Wildman–Crippen LogP) is 0.437. The van der Waals surface area contributed by atoms with Gasteiger partial charge in [-0.3, -0.25) is 4.72 Å². The lowest BCUT2D eigenvalue weighted by Gasteiger charge is -2.09. The molecule has 9 heteroatoms. The minimum atomic E-state index is -4.03. The molecule has 2 N–H and O–H groups in total. The summed E-state index contributed by atoms with van der Waals surface area (Å²) < 4.78 is 47.1. The minimum absolute atomic E-state index is 0.0473. The Morgan fingerprint density at radius 3 is 2.26 bits per heavy atom. The van der Waals surface area contributed by atoms with Crippen molar-refractivity contribution in [3.05, 3.63) is 29.3 Å². The molecule has 0 aliphatic rings. The molecule has 0 amide bonds. The number of carbonyl (C=O) groups is 1. The molecule has 106 valence electrons. The average molecular weight is 307 g/mol. The van der Waals surface area contributed by atoms with Gasteiger partial charge in [-0.1, -0.05) is 0 Å². The molecular formula is C10H13NO6S2. The normalized spacial score (nSPS) is 12.1.